The maximum atomic E-state index is 11.1. The molecule has 0 saturated carbocycles. The van der Waals surface area contributed by atoms with E-state index in [1.807, 2.05) is 11.6 Å². The lowest BCUT2D eigenvalue weighted by molar-refractivity contribution is -0.0208. The number of nitrogens with one attached hydrogen (secondary N) is 1. The SMILES string of the molecule is CCn1ncc(OC)c1C1(O)CC2CCC(C1)N2. The fourth-order valence-corrected chi connectivity index (χ4v) is 3.54. The fourth-order valence-electron chi connectivity index (χ4n) is 3.54. The second kappa shape index (κ2) is 4.24. The van der Waals surface area contributed by atoms with E-state index in [0.717, 1.165) is 37.9 Å². The van der Waals surface area contributed by atoms with Crippen LogP contribution in [-0.4, -0.2) is 34.1 Å². The van der Waals surface area contributed by atoms with Gasteiger partial charge in [-0.25, -0.2) is 0 Å². The summed E-state index contributed by atoms with van der Waals surface area (Å²) in [4.78, 5) is 0. The maximum absolute atomic E-state index is 11.1. The number of hydrogen-bond acceptors (Lipinski definition) is 4. The van der Waals surface area contributed by atoms with E-state index in [1.165, 1.54) is 0 Å². The van der Waals surface area contributed by atoms with Crippen LogP contribution in [0.1, 0.15) is 38.3 Å². The first kappa shape index (κ1) is 12.0. The van der Waals surface area contributed by atoms with Crippen LogP contribution < -0.4 is 10.1 Å². The van der Waals surface area contributed by atoms with E-state index in [2.05, 4.69) is 10.4 Å². The molecule has 3 rings (SSSR count). The molecule has 0 amide bonds. The number of aromatic nitrogens is 2. The molecule has 3 heterocycles. The summed E-state index contributed by atoms with van der Waals surface area (Å²) in [5.41, 5.74) is 0.0560. The van der Waals surface area contributed by atoms with Gasteiger partial charge in [0.1, 0.15) is 11.3 Å². The van der Waals surface area contributed by atoms with E-state index in [1.54, 1.807) is 13.3 Å². The van der Waals surface area contributed by atoms with E-state index in [4.69, 9.17) is 4.74 Å². The van der Waals surface area contributed by atoms with Gasteiger partial charge in [0, 0.05) is 18.6 Å². The standard InChI is InChI=1S/C13H21N3O2/c1-3-16-12(11(18-2)8-14-16)13(17)6-9-4-5-10(7-13)15-9/h8-10,15,17H,3-7H2,1-2H3. The molecule has 2 aliphatic rings. The number of aliphatic hydroxyl groups is 1. The molecule has 0 radical (unpaired) electrons. The molecule has 1 aromatic heterocycles. The summed E-state index contributed by atoms with van der Waals surface area (Å²) in [7, 11) is 1.64. The fraction of sp³-hybridized carbons (Fsp3) is 0.769. The Morgan fingerprint density at radius 3 is 2.72 bits per heavy atom. The molecule has 2 saturated heterocycles. The number of nitrogens with zero attached hydrogens (tertiary/aromatic N) is 2. The molecule has 2 unspecified atom stereocenters. The highest BCUT2D eigenvalue weighted by atomic mass is 16.5. The van der Waals surface area contributed by atoms with Gasteiger partial charge in [-0.05, 0) is 32.6 Å². The van der Waals surface area contributed by atoms with Crippen molar-refractivity contribution in [1.82, 2.24) is 15.1 Å². The minimum atomic E-state index is -0.797. The summed E-state index contributed by atoms with van der Waals surface area (Å²) in [5.74, 6) is 0.709. The van der Waals surface area contributed by atoms with Gasteiger partial charge >= 0.3 is 0 Å². The van der Waals surface area contributed by atoms with Crippen molar-refractivity contribution < 1.29 is 9.84 Å². The first-order chi connectivity index (χ1) is 8.66. The van der Waals surface area contributed by atoms with E-state index in [0.29, 0.717) is 17.8 Å². The van der Waals surface area contributed by atoms with Crippen LogP contribution in [0.25, 0.3) is 0 Å². The van der Waals surface area contributed by atoms with Crippen molar-refractivity contribution in [3.8, 4) is 5.75 Å². The highest BCUT2D eigenvalue weighted by Crippen LogP contribution is 2.43. The summed E-state index contributed by atoms with van der Waals surface area (Å²) in [6, 6.07) is 0.859. The minimum Gasteiger partial charge on any atom is -0.493 e. The lowest BCUT2D eigenvalue weighted by Gasteiger charge is -2.37. The molecule has 0 aliphatic carbocycles. The third-order valence-corrected chi connectivity index (χ3v) is 4.27. The molecule has 2 bridgehead atoms. The van der Waals surface area contributed by atoms with Gasteiger partial charge in [0.15, 0.2) is 5.75 Å². The second-order valence-corrected chi connectivity index (χ2v) is 5.46. The molecule has 2 aliphatic heterocycles. The monoisotopic (exact) mass is 251 g/mol. The zero-order chi connectivity index (χ0) is 12.8. The van der Waals surface area contributed by atoms with Gasteiger partial charge in [-0.2, -0.15) is 5.10 Å². The van der Waals surface area contributed by atoms with Crippen LogP contribution in [-0.2, 0) is 12.1 Å². The maximum Gasteiger partial charge on any atom is 0.162 e. The van der Waals surface area contributed by atoms with Crippen LogP contribution in [0.5, 0.6) is 5.75 Å². The molecule has 5 heteroatoms. The number of methoxy groups -OCH3 is 1. The lowest BCUT2D eigenvalue weighted by Crippen LogP contribution is -2.47. The summed E-state index contributed by atoms with van der Waals surface area (Å²) in [6.45, 7) is 2.79. The van der Waals surface area contributed by atoms with Crippen LogP contribution in [0.15, 0.2) is 6.20 Å². The van der Waals surface area contributed by atoms with Crippen molar-refractivity contribution >= 4 is 0 Å². The van der Waals surface area contributed by atoms with Gasteiger partial charge < -0.3 is 15.2 Å². The van der Waals surface area contributed by atoms with Crippen molar-refractivity contribution in [2.75, 3.05) is 7.11 Å². The molecule has 18 heavy (non-hydrogen) atoms. The number of fused-ring (bicyclic) bond motifs is 2. The summed E-state index contributed by atoms with van der Waals surface area (Å²) >= 11 is 0. The minimum absolute atomic E-state index is 0.429. The summed E-state index contributed by atoms with van der Waals surface area (Å²) in [6.07, 6.45) is 5.54. The van der Waals surface area contributed by atoms with E-state index >= 15 is 0 Å². The number of piperidine rings is 1. The predicted molar refractivity (Wildman–Crippen MR) is 67.5 cm³/mol. The highest BCUT2D eigenvalue weighted by Gasteiger charge is 2.46. The average molecular weight is 251 g/mol. The third kappa shape index (κ3) is 1.73. The second-order valence-electron chi connectivity index (χ2n) is 5.46. The zero-order valence-corrected chi connectivity index (χ0v) is 11.0. The molecule has 1 aromatic rings. The summed E-state index contributed by atoms with van der Waals surface area (Å²) in [5, 5.41) is 18.9. The molecule has 5 nitrogen and oxygen atoms in total. The van der Waals surface area contributed by atoms with Crippen molar-refractivity contribution in [3.05, 3.63) is 11.9 Å². The number of ether oxygens (including phenoxy) is 1. The third-order valence-electron chi connectivity index (χ3n) is 4.27. The Morgan fingerprint density at radius 2 is 2.17 bits per heavy atom. The largest absolute Gasteiger partial charge is 0.493 e. The molecule has 0 aromatic carbocycles. The van der Waals surface area contributed by atoms with E-state index in [9.17, 15) is 5.11 Å². The van der Waals surface area contributed by atoms with Crippen LogP contribution in [0.3, 0.4) is 0 Å². The van der Waals surface area contributed by atoms with Gasteiger partial charge in [0.25, 0.3) is 0 Å². The van der Waals surface area contributed by atoms with Gasteiger partial charge in [-0.3, -0.25) is 4.68 Å². The quantitative estimate of drug-likeness (QED) is 0.842. The van der Waals surface area contributed by atoms with Crippen LogP contribution >= 0.6 is 0 Å². The lowest BCUT2D eigenvalue weighted by atomic mass is 9.84. The Morgan fingerprint density at radius 1 is 1.50 bits per heavy atom. The molecule has 0 spiro atoms. The first-order valence-corrected chi connectivity index (χ1v) is 6.75. The van der Waals surface area contributed by atoms with E-state index < -0.39 is 5.60 Å². The number of rotatable bonds is 3. The van der Waals surface area contributed by atoms with Gasteiger partial charge in [-0.15, -0.1) is 0 Å². The topological polar surface area (TPSA) is 59.3 Å². The van der Waals surface area contributed by atoms with Gasteiger partial charge in [-0.1, -0.05) is 0 Å². The molecule has 2 N–H and O–H groups in total. The molecular weight excluding hydrogens is 230 g/mol. The Labute approximate surface area is 107 Å². The molecule has 2 fully saturated rings. The zero-order valence-electron chi connectivity index (χ0n) is 11.0. The molecule has 100 valence electrons. The predicted octanol–water partition coefficient (Wildman–Crippen LogP) is 1.01. The smallest absolute Gasteiger partial charge is 0.162 e. The van der Waals surface area contributed by atoms with Crippen molar-refractivity contribution in [2.45, 2.75) is 56.8 Å². The highest BCUT2D eigenvalue weighted by molar-refractivity contribution is 5.32. The van der Waals surface area contributed by atoms with Gasteiger partial charge in [0.05, 0.1) is 13.3 Å². The van der Waals surface area contributed by atoms with E-state index in [-0.39, 0.29) is 0 Å². The Hall–Kier alpha value is -1.07. The van der Waals surface area contributed by atoms with Crippen molar-refractivity contribution in [2.24, 2.45) is 0 Å². The van der Waals surface area contributed by atoms with Crippen LogP contribution in [0, 0.1) is 0 Å². The van der Waals surface area contributed by atoms with Crippen LogP contribution in [0.2, 0.25) is 0 Å². The first-order valence-electron chi connectivity index (χ1n) is 6.75. The average Bonchev–Trinajstić information content (AvgIpc) is 2.93. The van der Waals surface area contributed by atoms with Crippen molar-refractivity contribution in [1.29, 1.82) is 0 Å². The Balaban J connectivity index is 2.00. The van der Waals surface area contributed by atoms with Gasteiger partial charge in [0.2, 0.25) is 0 Å². The normalized spacial score (nSPS) is 34.8. The summed E-state index contributed by atoms with van der Waals surface area (Å²) < 4.78 is 7.24. The number of aryl methyl sites for hydroxylation is 1. The Bertz CT molecular complexity index is 410. The molecular formula is C13H21N3O2. The van der Waals surface area contributed by atoms with Crippen molar-refractivity contribution in [3.63, 3.8) is 0 Å². The molecule has 2 atom stereocenters. The number of hydrogen-bond donors (Lipinski definition) is 2. The van der Waals surface area contributed by atoms with Crippen LogP contribution in [0.4, 0.5) is 0 Å². The Kier molecular flexibility index (Phi) is 2.83.